The van der Waals surface area contributed by atoms with Crippen LogP contribution in [-0.4, -0.2) is 17.2 Å². The van der Waals surface area contributed by atoms with Crippen molar-refractivity contribution in [3.05, 3.63) is 88.1 Å². The van der Waals surface area contributed by atoms with Gasteiger partial charge in [-0.15, -0.1) is 0 Å². The summed E-state index contributed by atoms with van der Waals surface area (Å²) >= 11 is 6.20. The van der Waals surface area contributed by atoms with Gasteiger partial charge in [-0.05, 0) is 36.1 Å². The van der Waals surface area contributed by atoms with Crippen LogP contribution in [0.15, 0.2) is 60.7 Å². The highest BCUT2D eigenvalue weighted by atomic mass is 35.5. The van der Waals surface area contributed by atoms with E-state index in [1.165, 1.54) is 7.11 Å². The Labute approximate surface area is 179 Å². The van der Waals surface area contributed by atoms with E-state index in [9.17, 15) is 10.4 Å². The third kappa shape index (κ3) is 2.41. The number of aromatic nitrogens is 1. The molecule has 2 heterocycles. The Kier molecular flexibility index (Phi) is 4.25. The SMILES string of the molecule is COc1nc(Cl)cc2c1[C@]1(O)CC[C@@H](c3ccccc3)C1(c1ccc(C#N)cc1)O2. The first-order chi connectivity index (χ1) is 14.5. The number of aliphatic hydroxyl groups is 1. The highest BCUT2D eigenvalue weighted by molar-refractivity contribution is 6.29. The van der Waals surface area contributed by atoms with Gasteiger partial charge >= 0.3 is 0 Å². The average molecular weight is 419 g/mol. The Hall–Kier alpha value is -3.07. The van der Waals surface area contributed by atoms with E-state index in [0.717, 1.165) is 11.1 Å². The fraction of sp³-hybridized carbons (Fsp3) is 0.250. The lowest BCUT2D eigenvalue weighted by Gasteiger charge is -2.40. The van der Waals surface area contributed by atoms with Crippen LogP contribution in [0, 0.1) is 11.3 Å². The van der Waals surface area contributed by atoms with Crippen LogP contribution in [0.1, 0.15) is 41.0 Å². The molecule has 1 aliphatic carbocycles. The van der Waals surface area contributed by atoms with E-state index >= 15 is 0 Å². The Bertz CT molecular complexity index is 1160. The first-order valence-corrected chi connectivity index (χ1v) is 10.1. The van der Waals surface area contributed by atoms with Crippen molar-refractivity contribution in [1.82, 2.24) is 4.98 Å². The molecule has 5 rings (SSSR count). The standard InChI is InChI=1S/C24H19ClN2O3/c1-29-22-21-19(13-20(25)27-22)30-24(17-9-7-15(14-26)8-10-17)18(11-12-23(21,24)28)16-5-3-2-4-6-16/h2-10,13,18,28H,11-12H2,1H3/t18-,23+,24?/m0/s1. The van der Waals surface area contributed by atoms with E-state index in [1.807, 2.05) is 30.3 Å². The van der Waals surface area contributed by atoms with Gasteiger partial charge in [0, 0.05) is 12.0 Å². The first kappa shape index (κ1) is 18.9. The van der Waals surface area contributed by atoms with Gasteiger partial charge in [0.25, 0.3) is 0 Å². The van der Waals surface area contributed by atoms with Crippen LogP contribution < -0.4 is 9.47 Å². The Morgan fingerprint density at radius 1 is 1.20 bits per heavy atom. The van der Waals surface area contributed by atoms with Crippen LogP contribution in [-0.2, 0) is 11.2 Å². The second-order valence-electron chi connectivity index (χ2n) is 7.72. The van der Waals surface area contributed by atoms with Gasteiger partial charge in [-0.25, -0.2) is 4.98 Å². The van der Waals surface area contributed by atoms with E-state index in [1.54, 1.807) is 18.2 Å². The van der Waals surface area contributed by atoms with Gasteiger partial charge in [-0.3, -0.25) is 0 Å². The van der Waals surface area contributed by atoms with E-state index in [4.69, 9.17) is 21.1 Å². The smallest absolute Gasteiger partial charge is 0.224 e. The van der Waals surface area contributed by atoms with Gasteiger partial charge in [0.05, 0.1) is 24.3 Å². The van der Waals surface area contributed by atoms with Crippen molar-refractivity contribution in [2.45, 2.75) is 30.0 Å². The molecule has 3 atom stereocenters. The number of halogens is 1. The molecule has 0 bridgehead atoms. The minimum Gasteiger partial charge on any atom is -0.481 e. The molecular weight excluding hydrogens is 400 g/mol. The average Bonchev–Trinajstić information content (AvgIpc) is 3.20. The van der Waals surface area contributed by atoms with Crippen molar-refractivity contribution in [2.24, 2.45) is 0 Å². The number of nitriles is 1. The topological polar surface area (TPSA) is 75.4 Å². The van der Waals surface area contributed by atoms with Gasteiger partial charge in [0.1, 0.15) is 16.5 Å². The lowest BCUT2D eigenvalue weighted by molar-refractivity contribution is -0.106. The van der Waals surface area contributed by atoms with Crippen molar-refractivity contribution in [3.8, 4) is 17.7 Å². The number of hydrogen-bond donors (Lipinski definition) is 1. The second-order valence-corrected chi connectivity index (χ2v) is 8.10. The largest absolute Gasteiger partial charge is 0.481 e. The summed E-state index contributed by atoms with van der Waals surface area (Å²) in [5.74, 6) is 0.621. The zero-order chi connectivity index (χ0) is 20.9. The summed E-state index contributed by atoms with van der Waals surface area (Å²) in [4.78, 5) is 4.28. The number of methoxy groups -OCH3 is 1. The van der Waals surface area contributed by atoms with Crippen molar-refractivity contribution in [1.29, 1.82) is 5.26 Å². The molecule has 150 valence electrons. The third-order valence-electron chi connectivity index (χ3n) is 6.34. The third-order valence-corrected chi connectivity index (χ3v) is 6.54. The molecule has 2 aromatic carbocycles. The molecule has 0 saturated heterocycles. The summed E-state index contributed by atoms with van der Waals surface area (Å²) in [7, 11) is 1.51. The molecule has 0 spiro atoms. The molecule has 0 amide bonds. The number of rotatable bonds is 3. The van der Waals surface area contributed by atoms with E-state index in [0.29, 0.717) is 29.7 Å². The molecule has 2 aliphatic rings. The van der Waals surface area contributed by atoms with Gasteiger partial charge in [-0.2, -0.15) is 5.26 Å². The highest BCUT2D eigenvalue weighted by Crippen LogP contribution is 2.68. The van der Waals surface area contributed by atoms with Crippen LogP contribution in [0.25, 0.3) is 0 Å². The number of ether oxygens (including phenoxy) is 2. The maximum absolute atomic E-state index is 12.2. The molecule has 0 radical (unpaired) electrons. The van der Waals surface area contributed by atoms with Gasteiger partial charge in [-0.1, -0.05) is 54.1 Å². The number of benzene rings is 2. The van der Waals surface area contributed by atoms with Crippen LogP contribution >= 0.6 is 11.6 Å². The molecule has 1 unspecified atom stereocenters. The molecule has 1 aromatic heterocycles. The summed E-state index contributed by atoms with van der Waals surface area (Å²) in [6, 6.07) is 21.0. The van der Waals surface area contributed by atoms with Crippen molar-refractivity contribution in [2.75, 3.05) is 7.11 Å². The summed E-state index contributed by atoms with van der Waals surface area (Å²) in [5, 5.41) is 21.7. The Morgan fingerprint density at radius 3 is 2.60 bits per heavy atom. The van der Waals surface area contributed by atoms with Crippen molar-refractivity contribution < 1.29 is 14.6 Å². The zero-order valence-corrected chi connectivity index (χ0v) is 17.1. The molecule has 30 heavy (non-hydrogen) atoms. The fourth-order valence-corrected chi connectivity index (χ4v) is 5.30. The summed E-state index contributed by atoms with van der Waals surface area (Å²) in [6.07, 6.45) is 1.19. The molecule has 3 aromatic rings. The van der Waals surface area contributed by atoms with Crippen molar-refractivity contribution >= 4 is 11.6 Å². The predicted octanol–water partition coefficient (Wildman–Crippen LogP) is 4.67. The van der Waals surface area contributed by atoms with Gasteiger partial charge in [0.2, 0.25) is 5.88 Å². The molecule has 6 heteroatoms. The molecular formula is C24H19ClN2O3. The van der Waals surface area contributed by atoms with Gasteiger partial charge < -0.3 is 14.6 Å². The lowest BCUT2D eigenvalue weighted by Crippen LogP contribution is -2.48. The fourth-order valence-electron chi connectivity index (χ4n) is 5.13. The van der Waals surface area contributed by atoms with Crippen LogP contribution in [0.3, 0.4) is 0 Å². The zero-order valence-electron chi connectivity index (χ0n) is 16.3. The van der Waals surface area contributed by atoms with E-state index in [2.05, 4.69) is 23.2 Å². The number of pyridine rings is 1. The Morgan fingerprint density at radius 2 is 1.93 bits per heavy atom. The minimum atomic E-state index is -1.36. The lowest BCUT2D eigenvalue weighted by atomic mass is 9.72. The first-order valence-electron chi connectivity index (χ1n) is 9.75. The normalized spacial score (nSPS) is 26.4. The summed E-state index contributed by atoms with van der Waals surface area (Å²) in [5.41, 5.74) is 0.487. The monoisotopic (exact) mass is 418 g/mol. The maximum atomic E-state index is 12.2. The van der Waals surface area contributed by atoms with Crippen molar-refractivity contribution in [3.63, 3.8) is 0 Å². The molecule has 1 saturated carbocycles. The predicted molar refractivity (Wildman–Crippen MR) is 112 cm³/mol. The van der Waals surface area contributed by atoms with Crippen LogP contribution in [0.5, 0.6) is 11.6 Å². The highest BCUT2D eigenvalue weighted by Gasteiger charge is 2.69. The number of hydrogen-bond acceptors (Lipinski definition) is 5. The minimum absolute atomic E-state index is 0.118. The number of nitrogens with zero attached hydrogens (tertiary/aromatic N) is 2. The molecule has 1 N–H and O–H groups in total. The van der Waals surface area contributed by atoms with Crippen LogP contribution in [0.2, 0.25) is 5.15 Å². The quantitative estimate of drug-likeness (QED) is 0.625. The van der Waals surface area contributed by atoms with Crippen LogP contribution in [0.4, 0.5) is 0 Å². The summed E-state index contributed by atoms with van der Waals surface area (Å²) in [6.45, 7) is 0. The second kappa shape index (κ2) is 6.73. The molecule has 1 fully saturated rings. The van der Waals surface area contributed by atoms with E-state index < -0.39 is 11.2 Å². The van der Waals surface area contributed by atoms with Gasteiger partial charge in [0.15, 0.2) is 5.60 Å². The van der Waals surface area contributed by atoms with E-state index in [-0.39, 0.29) is 17.0 Å². The molecule has 1 aliphatic heterocycles. The molecule has 5 nitrogen and oxygen atoms in total. The Balaban J connectivity index is 1.79. The number of fused-ring (bicyclic) bond motifs is 3. The summed E-state index contributed by atoms with van der Waals surface area (Å²) < 4.78 is 12.1. The maximum Gasteiger partial charge on any atom is 0.224 e.